The van der Waals surface area contributed by atoms with Gasteiger partial charge in [-0.25, -0.2) is 0 Å². The highest BCUT2D eigenvalue weighted by atomic mass is 16.4. The molecule has 8 heteroatoms. The van der Waals surface area contributed by atoms with Gasteiger partial charge in [-0.1, -0.05) is 36.4 Å². The molecule has 0 unspecified atom stereocenters. The molecule has 0 amide bonds. The number of carbonyl (C=O) groups is 2. The van der Waals surface area contributed by atoms with Gasteiger partial charge in [0.25, 0.3) is 0 Å². The van der Waals surface area contributed by atoms with E-state index in [-0.39, 0.29) is 12.8 Å². The van der Waals surface area contributed by atoms with Crippen molar-refractivity contribution >= 4 is 33.7 Å². The number of fused-ring (bicyclic) bond motifs is 2. The molecule has 0 fully saturated rings. The maximum absolute atomic E-state index is 11.4. The smallest absolute Gasteiger partial charge is 0.320 e. The SMILES string of the molecule is N[C@@H](Cc1c(-c2[nH]c3ccccc3c2C[C@H](N)C(=O)O)[nH]c2ccccc12)C(=O)O. The van der Waals surface area contributed by atoms with E-state index in [4.69, 9.17) is 11.5 Å². The van der Waals surface area contributed by atoms with E-state index in [2.05, 4.69) is 9.97 Å². The molecule has 8 N–H and O–H groups in total. The van der Waals surface area contributed by atoms with Gasteiger partial charge in [0.1, 0.15) is 12.1 Å². The quantitative estimate of drug-likeness (QED) is 0.276. The van der Waals surface area contributed by atoms with Crippen molar-refractivity contribution in [3.05, 3.63) is 59.7 Å². The summed E-state index contributed by atoms with van der Waals surface area (Å²) < 4.78 is 0. The first kappa shape index (κ1) is 19.7. The third-order valence-corrected chi connectivity index (χ3v) is 5.36. The number of benzene rings is 2. The highest BCUT2D eigenvalue weighted by Gasteiger charge is 2.25. The van der Waals surface area contributed by atoms with Crippen LogP contribution < -0.4 is 11.5 Å². The molecule has 0 spiro atoms. The number of rotatable bonds is 7. The first-order chi connectivity index (χ1) is 14.4. The van der Waals surface area contributed by atoms with E-state index in [0.29, 0.717) is 11.4 Å². The second kappa shape index (κ2) is 7.66. The molecule has 154 valence electrons. The number of aliphatic carboxylic acids is 2. The number of nitrogens with two attached hydrogens (primary N) is 2. The summed E-state index contributed by atoms with van der Waals surface area (Å²) in [6.07, 6.45) is 0.239. The van der Waals surface area contributed by atoms with E-state index in [1.165, 1.54) is 0 Å². The molecule has 0 saturated carbocycles. The van der Waals surface area contributed by atoms with Crippen molar-refractivity contribution in [3.63, 3.8) is 0 Å². The van der Waals surface area contributed by atoms with Gasteiger partial charge in [0.15, 0.2) is 0 Å². The van der Waals surface area contributed by atoms with E-state index in [9.17, 15) is 19.8 Å². The topological polar surface area (TPSA) is 158 Å². The summed E-state index contributed by atoms with van der Waals surface area (Å²) in [4.78, 5) is 29.5. The summed E-state index contributed by atoms with van der Waals surface area (Å²) in [5.74, 6) is -2.17. The van der Waals surface area contributed by atoms with Crippen LogP contribution in [0.5, 0.6) is 0 Å². The van der Waals surface area contributed by atoms with Gasteiger partial charge in [0.05, 0.1) is 11.4 Å². The molecule has 0 aliphatic rings. The number of aromatic nitrogens is 2. The van der Waals surface area contributed by atoms with E-state index in [1.54, 1.807) is 0 Å². The van der Waals surface area contributed by atoms with Crippen LogP contribution in [-0.2, 0) is 22.4 Å². The Morgan fingerprint density at radius 1 is 0.733 bits per heavy atom. The van der Waals surface area contributed by atoms with Gasteiger partial charge in [-0.05, 0) is 23.3 Å². The van der Waals surface area contributed by atoms with Crippen LogP contribution in [0.2, 0.25) is 0 Å². The predicted molar refractivity (Wildman–Crippen MR) is 114 cm³/mol. The third kappa shape index (κ3) is 3.42. The summed E-state index contributed by atoms with van der Waals surface area (Å²) in [5.41, 5.74) is 16.3. The van der Waals surface area contributed by atoms with Crippen LogP contribution in [0.3, 0.4) is 0 Å². The van der Waals surface area contributed by atoms with Crippen molar-refractivity contribution in [2.75, 3.05) is 0 Å². The molecule has 0 aliphatic carbocycles. The van der Waals surface area contributed by atoms with Crippen LogP contribution in [0, 0.1) is 0 Å². The summed E-state index contributed by atoms with van der Waals surface area (Å²) in [5, 5.41) is 20.4. The highest BCUT2D eigenvalue weighted by molar-refractivity contribution is 5.96. The molecular weight excluding hydrogens is 384 g/mol. The zero-order valence-corrected chi connectivity index (χ0v) is 16.1. The van der Waals surface area contributed by atoms with Crippen molar-refractivity contribution < 1.29 is 19.8 Å². The van der Waals surface area contributed by atoms with Crippen molar-refractivity contribution in [3.8, 4) is 11.4 Å². The maximum Gasteiger partial charge on any atom is 0.320 e. The fraction of sp³-hybridized carbons (Fsp3) is 0.182. The second-order valence-corrected chi connectivity index (χ2v) is 7.35. The fourth-order valence-electron chi connectivity index (χ4n) is 3.87. The van der Waals surface area contributed by atoms with E-state index in [0.717, 1.165) is 32.9 Å². The lowest BCUT2D eigenvalue weighted by molar-refractivity contribution is -0.139. The molecule has 0 aliphatic heterocycles. The number of nitrogens with one attached hydrogen (secondary N) is 2. The average molecular weight is 406 g/mol. The van der Waals surface area contributed by atoms with Gasteiger partial charge in [-0.3, -0.25) is 9.59 Å². The van der Waals surface area contributed by atoms with E-state index in [1.807, 2.05) is 48.5 Å². The Balaban J connectivity index is 1.96. The van der Waals surface area contributed by atoms with Crippen molar-refractivity contribution in [2.24, 2.45) is 11.5 Å². The third-order valence-electron chi connectivity index (χ3n) is 5.36. The largest absolute Gasteiger partial charge is 0.480 e. The second-order valence-electron chi connectivity index (χ2n) is 7.35. The number of carboxylic acids is 2. The summed E-state index contributed by atoms with van der Waals surface area (Å²) in [6, 6.07) is 13.0. The van der Waals surface area contributed by atoms with E-state index >= 15 is 0 Å². The van der Waals surface area contributed by atoms with Crippen LogP contribution in [-0.4, -0.2) is 44.2 Å². The lowest BCUT2D eigenvalue weighted by Crippen LogP contribution is -2.32. The van der Waals surface area contributed by atoms with Crippen molar-refractivity contribution in [1.29, 1.82) is 0 Å². The number of aromatic amines is 2. The van der Waals surface area contributed by atoms with Crippen LogP contribution in [0.4, 0.5) is 0 Å². The number of carboxylic acid groups (broad SMARTS) is 2. The van der Waals surface area contributed by atoms with Gasteiger partial charge < -0.3 is 31.6 Å². The van der Waals surface area contributed by atoms with Crippen LogP contribution in [0.25, 0.3) is 33.2 Å². The first-order valence-electron chi connectivity index (χ1n) is 9.53. The van der Waals surface area contributed by atoms with Crippen LogP contribution in [0.15, 0.2) is 48.5 Å². The van der Waals surface area contributed by atoms with Gasteiger partial charge in [-0.2, -0.15) is 0 Å². The Hall–Kier alpha value is -3.62. The molecular formula is C22H22N4O4. The first-order valence-corrected chi connectivity index (χ1v) is 9.53. The zero-order valence-electron chi connectivity index (χ0n) is 16.1. The summed E-state index contributed by atoms with van der Waals surface area (Å²) in [6.45, 7) is 0. The molecule has 30 heavy (non-hydrogen) atoms. The fourth-order valence-corrected chi connectivity index (χ4v) is 3.87. The number of H-pyrrole nitrogens is 2. The lowest BCUT2D eigenvalue weighted by atomic mass is 9.97. The molecule has 0 saturated heterocycles. The average Bonchev–Trinajstić information content (AvgIpc) is 3.26. The Morgan fingerprint density at radius 3 is 1.47 bits per heavy atom. The predicted octanol–water partition coefficient (Wildman–Crippen LogP) is 2.22. The normalized spacial score (nSPS) is 13.5. The Labute approximate surface area is 171 Å². The minimum atomic E-state index is -1.09. The summed E-state index contributed by atoms with van der Waals surface area (Å²) >= 11 is 0. The minimum Gasteiger partial charge on any atom is -0.480 e. The van der Waals surface area contributed by atoms with Gasteiger partial charge >= 0.3 is 11.9 Å². The monoisotopic (exact) mass is 406 g/mol. The number of hydrogen-bond donors (Lipinski definition) is 6. The standard InChI is InChI=1S/C22H22N4O4/c23-15(21(27)28)9-13-11-5-1-3-7-17(11)25-19(13)20-14(10-16(24)22(29)30)12-6-2-4-8-18(12)26-20/h1-8,15-16,25-26H,9-10,23-24H2,(H,27,28)(H,29,30)/t15-,16-/m0/s1. The molecule has 2 heterocycles. The molecule has 0 radical (unpaired) electrons. The van der Waals surface area contributed by atoms with Gasteiger partial charge in [0.2, 0.25) is 0 Å². The molecule has 8 nitrogen and oxygen atoms in total. The van der Waals surface area contributed by atoms with E-state index < -0.39 is 24.0 Å². The maximum atomic E-state index is 11.4. The van der Waals surface area contributed by atoms with Crippen LogP contribution >= 0.6 is 0 Å². The molecule has 2 aromatic carbocycles. The minimum absolute atomic E-state index is 0.120. The highest BCUT2D eigenvalue weighted by Crippen LogP contribution is 2.36. The Kier molecular flexibility index (Phi) is 5.03. The Morgan fingerprint density at radius 2 is 1.10 bits per heavy atom. The summed E-state index contributed by atoms with van der Waals surface area (Å²) in [7, 11) is 0. The molecule has 4 aromatic rings. The number of hydrogen-bond acceptors (Lipinski definition) is 4. The van der Waals surface area contributed by atoms with Crippen molar-refractivity contribution in [1.82, 2.24) is 9.97 Å². The lowest BCUT2D eigenvalue weighted by Gasteiger charge is -2.11. The zero-order chi connectivity index (χ0) is 21.4. The molecule has 2 aromatic heterocycles. The van der Waals surface area contributed by atoms with Gasteiger partial charge in [0, 0.05) is 34.6 Å². The molecule has 0 bridgehead atoms. The Bertz CT molecular complexity index is 1160. The molecule has 4 rings (SSSR count). The van der Waals surface area contributed by atoms with Gasteiger partial charge in [-0.15, -0.1) is 0 Å². The van der Waals surface area contributed by atoms with Crippen LogP contribution in [0.1, 0.15) is 11.1 Å². The van der Waals surface area contributed by atoms with Crippen molar-refractivity contribution in [2.45, 2.75) is 24.9 Å². The number of para-hydroxylation sites is 2. The molecule has 2 atom stereocenters.